The summed E-state index contributed by atoms with van der Waals surface area (Å²) < 4.78 is 0.898. The van der Waals surface area contributed by atoms with Gasteiger partial charge in [0.25, 0.3) is 0 Å². The lowest BCUT2D eigenvalue weighted by Gasteiger charge is -2.09. The van der Waals surface area contributed by atoms with Crippen LogP contribution >= 0.6 is 15.9 Å². The molecule has 1 aromatic rings. The van der Waals surface area contributed by atoms with E-state index in [9.17, 15) is 0 Å². The van der Waals surface area contributed by atoms with E-state index in [0.717, 1.165) is 11.0 Å². The van der Waals surface area contributed by atoms with Crippen molar-refractivity contribution in [1.29, 1.82) is 0 Å². The Bertz CT molecular complexity index is 386. The number of aryl methyl sites for hydroxylation is 1. The fourth-order valence-electron chi connectivity index (χ4n) is 2.01. The molecule has 0 aromatic heterocycles. The van der Waals surface area contributed by atoms with Gasteiger partial charge in [0.1, 0.15) is 4.62 Å². The minimum Gasteiger partial charge on any atom is -0.386 e. The van der Waals surface area contributed by atoms with Gasteiger partial charge in [0.05, 0.1) is 0 Å². The van der Waals surface area contributed by atoms with E-state index in [1.807, 2.05) is 0 Å². The molecule has 0 spiro atoms. The number of hydrogen-bond donors (Lipinski definition) is 0. The van der Waals surface area contributed by atoms with Gasteiger partial charge in [-0.2, -0.15) is 0 Å². The van der Waals surface area contributed by atoms with Crippen LogP contribution in [0.1, 0.15) is 49.8 Å². The Labute approximate surface area is 111 Å². The van der Waals surface area contributed by atoms with Gasteiger partial charge in [-0.1, -0.05) is 49.2 Å². The summed E-state index contributed by atoms with van der Waals surface area (Å²) in [5.74, 6) is 0. The van der Waals surface area contributed by atoms with Gasteiger partial charge in [-0.25, -0.2) is 0 Å². The first-order valence-corrected chi connectivity index (χ1v) is 7.06. The van der Waals surface area contributed by atoms with Gasteiger partial charge in [-0.15, -0.1) is 0 Å². The lowest BCUT2D eigenvalue weighted by Crippen LogP contribution is -1.97. The van der Waals surface area contributed by atoms with Crippen LogP contribution in [0.15, 0.2) is 29.4 Å². The van der Waals surface area contributed by atoms with Gasteiger partial charge < -0.3 is 4.84 Å². The highest BCUT2D eigenvalue weighted by atomic mass is 79.9. The van der Waals surface area contributed by atoms with Crippen LogP contribution in [-0.4, -0.2) is 4.62 Å². The molecular weight excluding hydrogens is 278 g/mol. The average molecular weight is 296 g/mol. The fourth-order valence-corrected chi connectivity index (χ4v) is 2.38. The molecule has 0 radical (unpaired) electrons. The molecule has 1 aromatic carbocycles. The molecule has 0 saturated heterocycles. The predicted molar refractivity (Wildman–Crippen MR) is 74.5 cm³/mol. The van der Waals surface area contributed by atoms with E-state index < -0.39 is 0 Å². The molecule has 0 N–H and O–H groups in total. The zero-order chi connectivity index (χ0) is 12.1. The quantitative estimate of drug-likeness (QED) is 0.728. The molecule has 2 nitrogen and oxygen atoms in total. The minimum absolute atomic E-state index is 0.0917. The Kier molecular flexibility index (Phi) is 4.60. The monoisotopic (exact) mass is 295 g/mol. The Balaban J connectivity index is 1.89. The molecule has 0 saturated carbocycles. The number of benzene rings is 1. The van der Waals surface area contributed by atoms with Crippen LogP contribution < -0.4 is 0 Å². The van der Waals surface area contributed by atoms with Crippen LogP contribution in [0.2, 0.25) is 0 Å². The maximum absolute atomic E-state index is 5.33. The highest BCUT2D eigenvalue weighted by molar-refractivity contribution is 9.18. The summed E-state index contributed by atoms with van der Waals surface area (Å²) in [6, 6.07) is 8.74. The van der Waals surface area contributed by atoms with Crippen LogP contribution in [0.5, 0.6) is 0 Å². The molecule has 1 heterocycles. The molecule has 0 unspecified atom stereocenters. The van der Waals surface area contributed by atoms with Gasteiger partial charge >= 0.3 is 0 Å². The summed E-state index contributed by atoms with van der Waals surface area (Å²) in [7, 11) is 0. The van der Waals surface area contributed by atoms with Crippen LogP contribution in [0.3, 0.4) is 0 Å². The molecule has 1 aliphatic rings. The molecule has 3 heteroatoms. The second kappa shape index (κ2) is 6.20. The summed E-state index contributed by atoms with van der Waals surface area (Å²) in [6.45, 7) is 2.23. The van der Waals surface area contributed by atoms with Crippen molar-refractivity contribution in [3.05, 3.63) is 35.4 Å². The van der Waals surface area contributed by atoms with E-state index >= 15 is 0 Å². The number of nitrogens with zero attached hydrogens (tertiary/aromatic N) is 1. The zero-order valence-electron chi connectivity index (χ0n) is 10.2. The predicted octanol–water partition coefficient (Wildman–Crippen LogP) is 4.59. The maximum atomic E-state index is 5.33. The third kappa shape index (κ3) is 3.56. The second-order valence-corrected chi connectivity index (χ2v) is 5.38. The third-order valence-electron chi connectivity index (χ3n) is 3.05. The van der Waals surface area contributed by atoms with Gasteiger partial charge in [-0.05, 0) is 39.9 Å². The highest BCUT2D eigenvalue weighted by Crippen LogP contribution is 2.29. The van der Waals surface area contributed by atoms with E-state index in [1.54, 1.807) is 0 Å². The van der Waals surface area contributed by atoms with Crippen molar-refractivity contribution in [1.82, 2.24) is 0 Å². The molecule has 92 valence electrons. The van der Waals surface area contributed by atoms with Crippen molar-refractivity contribution in [2.45, 2.75) is 45.1 Å². The van der Waals surface area contributed by atoms with Crippen molar-refractivity contribution < 1.29 is 4.84 Å². The molecule has 0 aliphatic carbocycles. The zero-order valence-corrected chi connectivity index (χ0v) is 11.7. The molecule has 1 atom stereocenters. The van der Waals surface area contributed by atoms with Crippen molar-refractivity contribution in [2.24, 2.45) is 5.16 Å². The Morgan fingerprint density at radius 1 is 1.29 bits per heavy atom. The van der Waals surface area contributed by atoms with Crippen LogP contribution in [0, 0.1) is 0 Å². The molecule has 2 rings (SSSR count). The average Bonchev–Trinajstić information content (AvgIpc) is 2.77. The van der Waals surface area contributed by atoms with E-state index in [1.165, 1.54) is 36.8 Å². The molecule has 17 heavy (non-hydrogen) atoms. The van der Waals surface area contributed by atoms with E-state index in [4.69, 9.17) is 4.84 Å². The van der Waals surface area contributed by atoms with E-state index in [2.05, 4.69) is 52.3 Å². The molecule has 0 fully saturated rings. The van der Waals surface area contributed by atoms with Crippen molar-refractivity contribution in [2.75, 3.05) is 0 Å². The minimum atomic E-state index is 0.0917. The standard InChI is InChI=1S/C14H18BrNO/c1-2-3-4-5-11-6-8-12(9-7-11)13-10-14(15)16-17-13/h6-9,13H,2-5,10H2,1H3/t13-/m1/s1. The lowest BCUT2D eigenvalue weighted by molar-refractivity contribution is 0.0858. The van der Waals surface area contributed by atoms with Gasteiger partial charge in [0.2, 0.25) is 0 Å². The number of halogens is 1. The SMILES string of the molecule is CCCCCc1ccc([C@H]2CC(Br)=NO2)cc1. The van der Waals surface area contributed by atoms with Gasteiger partial charge in [0.15, 0.2) is 6.10 Å². The van der Waals surface area contributed by atoms with E-state index in [-0.39, 0.29) is 6.10 Å². The Hall–Kier alpha value is -0.830. The molecule has 1 aliphatic heterocycles. The number of hydrogen-bond acceptors (Lipinski definition) is 2. The normalized spacial score (nSPS) is 18.9. The topological polar surface area (TPSA) is 21.6 Å². The summed E-state index contributed by atoms with van der Waals surface area (Å²) in [5, 5.41) is 3.91. The van der Waals surface area contributed by atoms with Crippen LogP contribution in [-0.2, 0) is 11.3 Å². The summed E-state index contributed by atoms with van der Waals surface area (Å²) >= 11 is 3.36. The third-order valence-corrected chi connectivity index (χ3v) is 3.52. The number of unbranched alkanes of at least 4 members (excludes halogenated alkanes) is 2. The van der Waals surface area contributed by atoms with E-state index in [0.29, 0.717) is 0 Å². The molecule has 0 amide bonds. The van der Waals surface area contributed by atoms with Crippen molar-refractivity contribution in [3.63, 3.8) is 0 Å². The van der Waals surface area contributed by atoms with Crippen molar-refractivity contribution >= 4 is 20.6 Å². The van der Waals surface area contributed by atoms with Crippen LogP contribution in [0.25, 0.3) is 0 Å². The fraction of sp³-hybridized carbons (Fsp3) is 0.500. The smallest absolute Gasteiger partial charge is 0.158 e. The Morgan fingerprint density at radius 2 is 2.06 bits per heavy atom. The summed E-state index contributed by atoms with van der Waals surface area (Å²) in [6.07, 6.45) is 5.99. The van der Waals surface area contributed by atoms with Crippen molar-refractivity contribution in [3.8, 4) is 0 Å². The Morgan fingerprint density at radius 3 is 2.65 bits per heavy atom. The first kappa shape index (κ1) is 12.6. The van der Waals surface area contributed by atoms with Crippen LogP contribution in [0.4, 0.5) is 0 Å². The second-order valence-electron chi connectivity index (χ2n) is 4.46. The van der Waals surface area contributed by atoms with Gasteiger partial charge in [-0.3, -0.25) is 0 Å². The maximum Gasteiger partial charge on any atom is 0.158 e. The number of oxime groups is 1. The molecular formula is C14H18BrNO. The summed E-state index contributed by atoms with van der Waals surface area (Å²) in [4.78, 5) is 5.33. The first-order valence-electron chi connectivity index (χ1n) is 6.26. The number of rotatable bonds is 5. The first-order chi connectivity index (χ1) is 8.29. The summed E-state index contributed by atoms with van der Waals surface area (Å²) in [5.41, 5.74) is 2.63. The molecule has 0 bridgehead atoms. The largest absolute Gasteiger partial charge is 0.386 e. The highest BCUT2D eigenvalue weighted by Gasteiger charge is 2.20. The lowest BCUT2D eigenvalue weighted by atomic mass is 10.0. The van der Waals surface area contributed by atoms with Gasteiger partial charge in [0, 0.05) is 6.42 Å².